The van der Waals surface area contributed by atoms with Crippen LogP contribution < -0.4 is 0 Å². The van der Waals surface area contributed by atoms with Gasteiger partial charge in [-0.1, -0.05) is 13.8 Å². The summed E-state index contributed by atoms with van der Waals surface area (Å²) in [6, 6.07) is 0. The molecule has 0 spiro atoms. The monoisotopic (exact) mass is 258 g/mol. The van der Waals surface area contributed by atoms with Crippen molar-refractivity contribution >= 4 is 0 Å². The highest BCUT2D eigenvalue weighted by Gasteiger charge is 2.44. The van der Waals surface area contributed by atoms with Crippen molar-refractivity contribution in [2.24, 2.45) is 11.8 Å². The van der Waals surface area contributed by atoms with E-state index in [1.165, 1.54) is 0 Å². The fourth-order valence-electron chi connectivity index (χ4n) is 2.72. The van der Waals surface area contributed by atoms with Crippen LogP contribution in [-0.4, -0.2) is 37.0 Å². The Morgan fingerprint density at radius 3 is 2.06 bits per heavy atom. The number of hydrogen-bond donors (Lipinski definition) is 0. The first kappa shape index (κ1) is 14.3. The van der Waals surface area contributed by atoms with Gasteiger partial charge in [0.05, 0.1) is 25.4 Å². The van der Waals surface area contributed by atoms with Crippen LogP contribution in [0.25, 0.3) is 0 Å². The molecule has 0 aromatic rings. The first-order valence-corrected chi connectivity index (χ1v) is 6.84. The van der Waals surface area contributed by atoms with Gasteiger partial charge in [0.15, 0.2) is 11.6 Å². The topological polar surface area (TPSA) is 36.9 Å². The zero-order valence-corrected chi connectivity index (χ0v) is 12.4. The first-order valence-electron chi connectivity index (χ1n) is 6.84. The molecule has 4 heteroatoms. The third-order valence-corrected chi connectivity index (χ3v) is 3.81. The van der Waals surface area contributed by atoms with E-state index in [0.29, 0.717) is 18.4 Å². The lowest BCUT2D eigenvalue weighted by Crippen LogP contribution is -2.50. The number of ether oxygens (including phenoxy) is 4. The summed E-state index contributed by atoms with van der Waals surface area (Å²) < 4.78 is 23.3. The Labute approximate surface area is 110 Å². The summed E-state index contributed by atoms with van der Waals surface area (Å²) in [5.41, 5.74) is 0. The second kappa shape index (κ2) is 4.75. The quantitative estimate of drug-likeness (QED) is 0.763. The van der Waals surface area contributed by atoms with Crippen molar-refractivity contribution in [3.8, 4) is 0 Å². The molecule has 18 heavy (non-hydrogen) atoms. The van der Waals surface area contributed by atoms with Crippen LogP contribution in [0.3, 0.4) is 0 Å². The van der Waals surface area contributed by atoms with Crippen LogP contribution in [-0.2, 0) is 18.9 Å². The van der Waals surface area contributed by atoms with Crippen molar-refractivity contribution in [2.45, 2.75) is 65.3 Å². The standard InChI is InChI=1S/C14H26O4/c1-9-7-15-14(5,6)18-12(9)10(2)11-8-16-13(3,4)17-11/h9-12H,7-8H2,1-6H3/t9-,10+,11+,12+/m0/s1. The summed E-state index contributed by atoms with van der Waals surface area (Å²) >= 11 is 0. The first-order chi connectivity index (χ1) is 8.20. The maximum Gasteiger partial charge on any atom is 0.163 e. The van der Waals surface area contributed by atoms with Gasteiger partial charge in [-0.2, -0.15) is 0 Å². The van der Waals surface area contributed by atoms with Crippen LogP contribution in [0.1, 0.15) is 41.5 Å². The molecule has 2 heterocycles. The van der Waals surface area contributed by atoms with Crippen LogP contribution in [0.2, 0.25) is 0 Å². The highest BCUT2D eigenvalue weighted by atomic mass is 16.7. The molecular formula is C14H26O4. The number of rotatable bonds is 2. The van der Waals surface area contributed by atoms with E-state index in [4.69, 9.17) is 18.9 Å². The average Bonchev–Trinajstić information content (AvgIpc) is 2.61. The number of hydrogen-bond acceptors (Lipinski definition) is 4. The van der Waals surface area contributed by atoms with Crippen LogP contribution in [0.15, 0.2) is 0 Å². The Balaban J connectivity index is 2.01. The molecule has 2 aliphatic heterocycles. The van der Waals surface area contributed by atoms with Crippen LogP contribution in [0.5, 0.6) is 0 Å². The minimum atomic E-state index is -0.500. The molecule has 4 nitrogen and oxygen atoms in total. The van der Waals surface area contributed by atoms with Gasteiger partial charge in [-0.3, -0.25) is 0 Å². The molecule has 0 N–H and O–H groups in total. The Kier molecular flexibility index (Phi) is 3.76. The van der Waals surface area contributed by atoms with E-state index in [2.05, 4.69) is 13.8 Å². The molecule has 4 atom stereocenters. The second-order valence-electron chi connectivity index (χ2n) is 6.50. The average molecular weight is 258 g/mol. The van der Waals surface area contributed by atoms with Crippen molar-refractivity contribution in [3.63, 3.8) is 0 Å². The van der Waals surface area contributed by atoms with Crippen molar-refractivity contribution in [2.75, 3.05) is 13.2 Å². The summed E-state index contributed by atoms with van der Waals surface area (Å²) in [6.45, 7) is 13.6. The predicted molar refractivity (Wildman–Crippen MR) is 68.1 cm³/mol. The molecule has 0 saturated carbocycles. The van der Waals surface area contributed by atoms with Crippen molar-refractivity contribution in [1.29, 1.82) is 0 Å². The lowest BCUT2D eigenvalue weighted by Gasteiger charge is -2.43. The molecule has 2 rings (SSSR count). The predicted octanol–water partition coefficient (Wildman–Crippen LogP) is 2.56. The van der Waals surface area contributed by atoms with Gasteiger partial charge >= 0.3 is 0 Å². The Hall–Kier alpha value is -0.160. The third kappa shape index (κ3) is 3.05. The molecule has 2 aliphatic rings. The molecule has 0 radical (unpaired) electrons. The summed E-state index contributed by atoms with van der Waals surface area (Å²) in [5, 5.41) is 0. The molecule has 106 valence electrons. The van der Waals surface area contributed by atoms with E-state index in [1.807, 2.05) is 27.7 Å². The van der Waals surface area contributed by atoms with Crippen molar-refractivity contribution < 1.29 is 18.9 Å². The normalized spacial score (nSPS) is 40.7. The van der Waals surface area contributed by atoms with Gasteiger partial charge in [0.1, 0.15) is 0 Å². The summed E-state index contributed by atoms with van der Waals surface area (Å²) in [5.74, 6) is -0.297. The minimum Gasteiger partial charge on any atom is -0.350 e. The fraction of sp³-hybridized carbons (Fsp3) is 1.00. The smallest absolute Gasteiger partial charge is 0.163 e. The van der Waals surface area contributed by atoms with Crippen molar-refractivity contribution in [1.82, 2.24) is 0 Å². The lowest BCUT2D eigenvalue weighted by atomic mass is 9.88. The minimum absolute atomic E-state index is 0.0985. The van der Waals surface area contributed by atoms with Crippen LogP contribution in [0.4, 0.5) is 0 Å². The Morgan fingerprint density at radius 1 is 0.944 bits per heavy atom. The Bertz CT molecular complexity index is 300. The van der Waals surface area contributed by atoms with Gasteiger partial charge in [0.2, 0.25) is 0 Å². The third-order valence-electron chi connectivity index (χ3n) is 3.81. The van der Waals surface area contributed by atoms with E-state index in [1.54, 1.807) is 0 Å². The molecule has 0 aromatic carbocycles. The summed E-state index contributed by atoms with van der Waals surface area (Å²) in [7, 11) is 0. The largest absolute Gasteiger partial charge is 0.350 e. The van der Waals surface area contributed by atoms with Gasteiger partial charge in [0, 0.05) is 11.8 Å². The van der Waals surface area contributed by atoms with E-state index in [9.17, 15) is 0 Å². The molecule has 0 amide bonds. The van der Waals surface area contributed by atoms with Gasteiger partial charge < -0.3 is 18.9 Å². The van der Waals surface area contributed by atoms with Crippen molar-refractivity contribution in [3.05, 3.63) is 0 Å². The Morgan fingerprint density at radius 2 is 1.50 bits per heavy atom. The van der Waals surface area contributed by atoms with E-state index < -0.39 is 11.6 Å². The molecule has 2 saturated heterocycles. The maximum absolute atomic E-state index is 6.07. The fourth-order valence-corrected chi connectivity index (χ4v) is 2.72. The van der Waals surface area contributed by atoms with E-state index in [0.717, 1.165) is 6.61 Å². The van der Waals surface area contributed by atoms with Crippen LogP contribution in [0, 0.1) is 11.8 Å². The van der Waals surface area contributed by atoms with E-state index >= 15 is 0 Å². The second-order valence-corrected chi connectivity index (χ2v) is 6.50. The molecule has 0 aliphatic carbocycles. The molecular weight excluding hydrogens is 232 g/mol. The van der Waals surface area contributed by atoms with Gasteiger partial charge in [-0.05, 0) is 27.7 Å². The molecule has 0 unspecified atom stereocenters. The van der Waals surface area contributed by atoms with E-state index in [-0.39, 0.29) is 12.2 Å². The van der Waals surface area contributed by atoms with Crippen LogP contribution >= 0.6 is 0 Å². The highest BCUT2D eigenvalue weighted by Crippen LogP contribution is 2.35. The summed E-state index contributed by atoms with van der Waals surface area (Å²) in [6.07, 6.45) is 0.248. The molecule has 0 bridgehead atoms. The van der Waals surface area contributed by atoms with Gasteiger partial charge in [0.25, 0.3) is 0 Å². The maximum atomic E-state index is 6.07. The zero-order chi connectivity index (χ0) is 13.6. The van der Waals surface area contributed by atoms with Gasteiger partial charge in [-0.15, -0.1) is 0 Å². The molecule has 0 aromatic heterocycles. The van der Waals surface area contributed by atoms with Gasteiger partial charge in [-0.25, -0.2) is 0 Å². The zero-order valence-electron chi connectivity index (χ0n) is 12.4. The lowest BCUT2D eigenvalue weighted by molar-refractivity contribution is -0.304. The highest BCUT2D eigenvalue weighted by molar-refractivity contribution is 4.86. The summed E-state index contributed by atoms with van der Waals surface area (Å²) in [4.78, 5) is 0. The molecule has 2 fully saturated rings. The SMILES string of the molecule is C[C@@H]([C@@H]1OC(C)(C)OC[C@@H]1C)[C@H]1COC(C)(C)O1.